The van der Waals surface area contributed by atoms with Crippen LogP contribution >= 0.6 is 0 Å². The van der Waals surface area contributed by atoms with Gasteiger partial charge in [0.25, 0.3) is 5.60 Å². The van der Waals surface area contributed by atoms with Crippen molar-refractivity contribution in [2.75, 3.05) is 7.11 Å². The Morgan fingerprint density at radius 3 is 2.16 bits per heavy atom. The Morgan fingerprint density at radius 1 is 1.12 bits per heavy atom. The number of ether oxygens (including phenoxy) is 2. The van der Waals surface area contributed by atoms with Gasteiger partial charge in [0.05, 0.1) is 12.7 Å². The highest BCUT2D eigenvalue weighted by Crippen LogP contribution is 2.49. The molecule has 1 aliphatic carbocycles. The van der Waals surface area contributed by atoms with Crippen molar-refractivity contribution in [3.63, 3.8) is 0 Å². The van der Waals surface area contributed by atoms with Crippen molar-refractivity contribution in [3.8, 4) is 0 Å². The summed E-state index contributed by atoms with van der Waals surface area (Å²) in [5, 5.41) is 0. The number of carbonyl (C=O) groups is 1. The Labute approximate surface area is 136 Å². The first-order valence-corrected chi connectivity index (χ1v) is 6.56. The second kappa shape index (κ2) is 6.51. The molecule has 2 atom stereocenters. The molecule has 0 spiro atoms. The quantitative estimate of drug-likeness (QED) is 0.587. The number of alkyl halides is 4. The van der Waals surface area contributed by atoms with E-state index in [1.54, 1.807) is 0 Å². The number of rotatable bonds is 3. The molecule has 0 fully saturated rings. The molecule has 1 aliphatic rings. The van der Waals surface area contributed by atoms with Gasteiger partial charge in [0.2, 0.25) is 0 Å². The minimum absolute atomic E-state index is 0.347. The van der Waals surface area contributed by atoms with E-state index in [0.717, 1.165) is 12.1 Å². The lowest BCUT2D eigenvalue weighted by Gasteiger charge is -2.35. The number of hydrogen-bond donors (Lipinski definition) is 0. The van der Waals surface area contributed by atoms with Crippen molar-refractivity contribution < 1.29 is 45.0 Å². The van der Waals surface area contributed by atoms with E-state index >= 15 is 0 Å². The largest absolute Gasteiger partial charge is 0.524 e. The van der Waals surface area contributed by atoms with Gasteiger partial charge in [0.1, 0.15) is 5.83 Å². The Bertz CT molecular complexity index is 739. The number of carbonyl (C=O) groups excluding carboxylic acids is 1. The number of hydrogen-bond acceptors (Lipinski definition) is 3. The van der Waals surface area contributed by atoms with Crippen LogP contribution in [0.1, 0.15) is 5.56 Å². The lowest BCUT2D eigenvalue weighted by Crippen LogP contribution is -2.56. The van der Waals surface area contributed by atoms with Crippen molar-refractivity contribution in [1.29, 1.82) is 0 Å². The van der Waals surface area contributed by atoms with E-state index in [1.165, 1.54) is 18.2 Å². The minimum Gasteiger partial charge on any atom is -0.466 e. The Hall–Kier alpha value is -2.36. The lowest BCUT2D eigenvalue weighted by atomic mass is 9.84. The molecule has 25 heavy (non-hydrogen) atoms. The molecule has 0 radical (unpaired) electrons. The highest BCUT2D eigenvalue weighted by Gasteiger charge is 2.64. The topological polar surface area (TPSA) is 35.5 Å². The summed E-state index contributed by atoms with van der Waals surface area (Å²) in [5.74, 6) is -9.20. The van der Waals surface area contributed by atoms with E-state index in [4.69, 9.17) is 0 Å². The van der Waals surface area contributed by atoms with E-state index < -0.39 is 47.2 Å². The van der Waals surface area contributed by atoms with E-state index in [0.29, 0.717) is 7.11 Å². The lowest BCUT2D eigenvalue weighted by molar-refractivity contribution is -0.364. The van der Waals surface area contributed by atoms with E-state index in [1.807, 2.05) is 0 Å². The van der Waals surface area contributed by atoms with Gasteiger partial charge in [0.15, 0.2) is 17.8 Å². The summed E-state index contributed by atoms with van der Waals surface area (Å²) in [6.45, 7) is 0. The maximum absolute atomic E-state index is 14.4. The summed E-state index contributed by atoms with van der Waals surface area (Å²) in [4.78, 5) is 11.6. The van der Waals surface area contributed by atoms with Gasteiger partial charge in [0, 0.05) is 0 Å². The van der Waals surface area contributed by atoms with Crippen LogP contribution in [0.4, 0.5) is 30.7 Å². The van der Waals surface area contributed by atoms with Gasteiger partial charge in [-0.3, -0.25) is 4.74 Å². The fourth-order valence-electron chi connectivity index (χ4n) is 2.33. The molecule has 2 rings (SSSR count). The van der Waals surface area contributed by atoms with E-state index in [-0.39, 0.29) is 5.56 Å². The number of methoxy groups -OCH3 is 1. The van der Waals surface area contributed by atoms with Gasteiger partial charge < -0.3 is 4.74 Å². The molecule has 0 bridgehead atoms. The molecule has 10 heteroatoms. The zero-order valence-electron chi connectivity index (χ0n) is 12.3. The SMILES string of the molecule is COC(=O)C1(OC(F)(F)F)C(F)=C(F)C(c2ccccc2)=C(F)C1F. The standard InChI is InChI=1S/C15H9F7O3/c1-24-13(23)14(25-15(20,21)22)11(18)9(16)8(10(17)12(14)19)7-5-3-2-4-6-7/h2-6,11H,1H3. The molecule has 0 saturated carbocycles. The third kappa shape index (κ3) is 3.13. The molecule has 1 aromatic rings. The third-order valence-electron chi connectivity index (χ3n) is 3.38. The maximum Gasteiger partial charge on any atom is 0.524 e. The highest BCUT2D eigenvalue weighted by atomic mass is 19.4. The molecular weight excluding hydrogens is 361 g/mol. The van der Waals surface area contributed by atoms with Crippen LogP contribution in [-0.4, -0.2) is 31.2 Å². The van der Waals surface area contributed by atoms with Crippen molar-refractivity contribution in [2.45, 2.75) is 18.1 Å². The molecule has 0 saturated heterocycles. The number of benzene rings is 1. The van der Waals surface area contributed by atoms with Crippen LogP contribution in [-0.2, 0) is 14.3 Å². The number of allylic oxidation sites excluding steroid dienone is 2. The number of halogens is 7. The first-order chi connectivity index (χ1) is 11.6. The predicted octanol–water partition coefficient (Wildman–Crippen LogP) is 4.32. The summed E-state index contributed by atoms with van der Waals surface area (Å²) >= 11 is 0. The van der Waals surface area contributed by atoms with Crippen LogP contribution in [0, 0.1) is 0 Å². The Balaban J connectivity index is 2.72. The molecular formula is C15H9F7O3. The van der Waals surface area contributed by atoms with Crippen molar-refractivity contribution >= 4 is 11.5 Å². The second-order valence-corrected chi connectivity index (χ2v) is 4.85. The summed E-state index contributed by atoms with van der Waals surface area (Å²) in [6.07, 6.45) is -9.42. The van der Waals surface area contributed by atoms with Gasteiger partial charge in [-0.15, -0.1) is 13.2 Å². The average molecular weight is 370 g/mol. The fourth-order valence-corrected chi connectivity index (χ4v) is 2.33. The minimum atomic E-state index is -5.79. The van der Waals surface area contributed by atoms with Crippen LogP contribution in [0.25, 0.3) is 5.57 Å². The first-order valence-electron chi connectivity index (χ1n) is 6.56. The van der Waals surface area contributed by atoms with Gasteiger partial charge in [-0.05, 0) is 5.56 Å². The normalized spacial score (nSPS) is 24.6. The van der Waals surface area contributed by atoms with Gasteiger partial charge >= 0.3 is 12.3 Å². The fraction of sp³-hybridized carbons (Fsp3) is 0.267. The maximum atomic E-state index is 14.4. The molecule has 2 unspecified atom stereocenters. The average Bonchev–Trinajstić information content (AvgIpc) is 2.56. The molecule has 1 aromatic carbocycles. The second-order valence-electron chi connectivity index (χ2n) is 4.85. The summed E-state index contributed by atoms with van der Waals surface area (Å²) in [6, 6.07) is 6.14. The smallest absolute Gasteiger partial charge is 0.466 e. The molecule has 0 N–H and O–H groups in total. The summed E-state index contributed by atoms with van der Waals surface area (Å²) in [7, 11) is 0.482. The van der Waals surface area contributed by atoms with Crippen molar-refractivity contribution in [1.82, 2.24) is 0 Å². The van der Waals surface area contributed by atoms with Crippen LogP contribution in [0.3, 0.4) is 0 Å². The molecule has 136 valence electrons. The number of esters is 1. The predicted molar refractivity (Wildman–Crippen MR) is 70.5 cm³/mol. The van der Waals surface area contributed by atoms with E-state index in [2.05, 4.69) is 9.47 Å². The van der Waals surface area contributed by atoms with Crippen LogP contribution in [0.5, 0.6) is 0 Å². The molecule has 0 amide bonds. The zero-order chi connectivity index (χ0) is 19.0. The first kappa shape index (κ1) is 19.0. The van der Waals surface area contributed by atoms with Crippen LogP contribution in [0.2, 0.25) is 0 Å². The third-order valence-corrected chi connectivity index (χ3v) is 3.38. The highest BCUT2D eigenvalue weighted by molar-refractivity contribution is 5.91. The molecule has 0 aromatic heterocycles. The van der Waals surface area contributed by atoms with Crippen LogP contribution < -0.4 is 0 Å². The van der Waals surface area contributed by atoms with Gasteiger partial charge in [-0.1, -0.05) is 30.3 Å². The Morgan fingerprint density at radius 2 is 1.68 bits per heavy atom. The molecule has 0 aliphatic heterocycles. The van der Waals surface area contributed by atoms with Crippen molar-refractivity contribution in [3.05, 3.63) is 53.4 Å². The monoisotopic (exact) mass is 370 g/mol. The van der Waals surface area contributed by atoms with E-state index in [9.17, 15) is 35.5 Å². The van der Waals surface area contributed by atoms with Gasteiger partial charge in [-0.25, -0.2) is 22.4 Å². The van der Waals surface area contributed by atoms with Crippen molar-refractivity contribution in [2.24, 2.45) is 0 Å². The zero-order valence-corrected chi connectivity index (χ0v) is 12.3. The Kier molecular flexibility index (Phi) is 4.94. The molecule has 0 heterocycles. The van der Waals surface area contributed by atoms with Gasteiger partial charge in [-0.2, -0.15) is 0 Å². The molecule has 3 nitrogen and oxygen atoms in total. The summed E-state index contributed by atoms with van der Waals surface area (Å²) < 4.78 is 102. The summed E-state index contributed by atoms with van der Waals surface area (Å²) in [5.41, 5.74) is -5.91. The van der Waals surface area contributed by atoms with Crippen LogP contribution in [0.15, 0.2) is 47.8 Å².